The van der Waals surface area contributed by atoms with Gasteiger partial charge in [0, 0.05) is 19.7 Å². The summed E-state index contributed by atoms with van der Waals surface area (Å²) in [5, 5.41) is 3.30. The highest BCUT2D eigenvalue weighted by Crippen LogP contribution is 2.11. The monoisotopic (exact) mass is 281 g/mol. The van der Waals surface area contributed by atoms with E-state index in [2.05, 4.69) is 12.2 Å². The quantitative estimate of drug-likeness (QED) is 0.598. The Morgan fingerprint density at radius 1 is 0.950 bits per heavy atom. The van der Waals surface area contributed by atoms with Crippen LogP contribution in [0.25, 0.3) is 0 Å². The molecule has 0 unspecified atom stereocenters. The first-order chi connectivity index (χ1) is 9.86. The third-order valence-electron chi connectivity index (χ3n) is 2.92. The number of rotatable bonds is 12. The van der Waals surface area contributed by atoms with Gasteiger partial charge >= 0.3 is 0 Å². The van der Waals surface area contributed by atoms with E-state index in [-0.39, 0.29) is 0 Å². The van der Waals surface area contributed by atoms with E-state index in [9.17, 15) is 0 Å². The van der Waals surface area contributed by atoms with E-state index in [0.29, 0.717) is 13.2 Å². The zero-order chi connectivity index (χ0) is 14.5. The Morgan fingerprint density at radius 3 is 2.30 bits per heavy atom. The van der Waals surface area contributed by atoms with Crippen LogP contribution < -0.4 is 10.1 Å². The molecule has 1 rings (SSSR count). The van der Waals surface area contributed by atoms with Gasteiger partial charge in [0.15, 0.2) is 0 Å². The summed E-state index contributed by atoms with van der Waals surface area (Å²) >= 11 is 0. The summed E-state index contributed by atoms with van der Waals surface area (Å²) in [5.41, 5.74) is 1.16. The number of benzene rings is 1. The van der Waals surface area contributed by atoms with Crippen molar-refractivity contribution in [1.82, 2.24) is 5.32 Å². The lowest BCUT2D eigenvalue weighted by Gasteiger charge is -2.07. The Balaban J connectivity index is 1.91. The molecule has 0 amide bonds. The molecule has 4 nitrogen and oxygen atoms in total. The van der Waals surface area contributed by atoms with Crippen molar-refractivity contribution in [2.45, 2.75) is 26.4 Å². The second kappa shape index (κ2) is 11.7. The zero-order valence-corrected chi connectivity index (χ0v) is 12.7. The molecule has 114 valence electrons. The fourth-order valence-electron chi connectivity index (χ4n) is 1.67. The van der Waals surface area contributed by atoms with Crippen LogP contribution in [0.1, 0.15) is 25.3 Å². The molecule has 0 atom stereocenters. The van der Waals surface area contributed by atoms with Crippen LogP contribution in [-0.4, -0.2) is 40.0 Å². The van der Waals surface area contributed by atoms with Crippen LogP contribution in [0.3, 0.4) is 0 Å². The number of nitrogens with one attached hydrogen (secondary N) is 1. The van der Waals surface area contributed by atoms with Crippen LogP contribution in [0.5, 0.6) is 5.75 Å². The summed E-state index contributed by atoms with van der Waals surface area (Å²) in [6, 6.07) is 7.94. The average molecular weight is 281 g/mol. The first-order valence-electron chi connectivity index (χ1n) is 7.36. The molecule has 1 aromatic rings. The largest absolute Gasteiger partial charge is 0.497 e. The normalized spacial score (nSPS) is 10.7. The van der Waals surface area contributed by atoms with E-state index in [1.807, 2.05) is 24.3 Å². The van der Waals surface area contributed by atoms with Crippen LogP contribution >= 0.6 is 0 Å². The van der Waals surface area contributed by atoms with Crippen molar-refractivity contribution >= 4 is 0 Å². The van der Waals surface area contributed by atoms with E-state index in [1.165, 1.54) is 6.42 Å². The highest BCUT2D eigenvalue weighted by atomic mass is 16.5. The second-order valence-electron chi connectivity index (χ2n) is 4.62. The highest BCUT2D eigenvalue weighted by Gasteiger charge is 1.95. The highest BCUT2D eigenvalue weighted by molar-refractivity contribution is 5.26. The van der Waals surface area contributed by atoms with Gasteiger partial charge in [-0.15, -0.1) is 0 Å². The van der Waals surface area contributed by atoms with Crippen molar-refractivity contribution in [2.75, 3.05) is 40.0 Å². The van der Waals surface area contributed by atoms with Crippen molar-refractivity contribution in [2.24, 2.45) is 0 Å². The maximum absolute atomic E-state index is 5.59. The molecule has 0 aromatic heterocycles. The third-order valence-corrected chi connectivity index (χ3v) is 2.92. The predicted molar refractivity (Wildman–Crippen MR) is 81.2 cm³/mol. The molecule has 20 heavy (non-hydrogen) atoms. The standard InChI is InChI=1S/C16H27NO3/c1-3-4-11-19-12-9-17-10-13-20-14-15-5-7-16(18-2)8-6-15/h5-8,17H,3-4,9-14H2,1-2H3. The van der Waals surface area contributed by atoms with Gasteiger partial charge in [-0.3, -0.25) is 0 Å². The zero-order valence-electron chi connectivity index (χ0n) is 12.7. The maximum atomic E-state index is 5.59. The number of methoxy groups -OCH3 is 1. The lowest BCUT2D eigenvalue weighted by Crippen LogP contribution is -2.24. The van der Waals surface area contributed by atoms with Gasteiger partial charge in [0.1, 0.15) is 5.75 Å². The lowest BCUT2D eigenvalue weighted by atomic mass is 10.2. The molecule has 0 aliphatic carbocycles. The minimum Gasteiger partial charge on any atom is -0.497 e. The van der Waals surface area contributed by atoms with Gasteiger partial charge in [-0.25, -0.2) is 0 Å². The first kappa shape index (κ1) is 17.0. The summed E-state index contributed by atoms with van der Waals surface area (Å²) in [6.45, 7) is 6.90. The molecule has 0 aliphatic heterocycles. The van der Waals surface area contributed by atoms with Crippen molar-refractivity contribution in [3.63, 3.8) is 0 Å². The molecular formula is C16H27NO3. The van der Waals surface area contributed by atoms with Crippen LogP contribution in [0.15, 0.2) is 24.3 Å². The lowest BCUT2D eigenvalue weighted by molar-refractivity contribution is 0.112. The molecule has 4 heteroatoms. The van der Waals surface area contributed by atoms with E-state index in [4.69, 9.17) is 14.2 Å². The topological polar surface area (TPSA) is 39.7 Å². The van der Waals surface area contributed by atoms with E-state index < -0.39 is 0 Å². The first-order valence-corrected chi connectivity index (χ1v) is 7.36. The Hall–Kier alpha value is -1.10. The Bertz CT molecular complexity index is 327. The molecule has 0 fully saturated rings. The summed E-state index contributed by atoms with van der Waals surface area (Å²) in [5.74, 6) is 0.874. The van der Waals surface area contributed by atoms with Crippen molar-refractivity contribution < 1.29 is 14.2 Å². The molecule has 0 spiro atoms. The van der Waals surface area contributed by atoms with E-state index in [1.54, 1.807) is 7.11 Å². The number of ether oxygens (including phenoxy) is 3. The molecule has 0 aliphatic rings. The average Bonchev–Trinajstić information content (AvgIpc) is 2.50. The van der Waals surface area contributed by atoms with Gasteiger partial charge in [-0.2, -0.15) is 0 Å². The minimum atomic E-state index is 0.638. The molecule has 1 aromatic carbocycles. The van der Waals surface area contributed by atoms with Gasteiger partial charge in [0.25, 0.3) is 0 Å². The number of hydrogen-bond donors (Lipinski definition) is 1. The molecule has 1 N–H and O–H groups in total. The smallest absolute Gasteiger partial charge is 0.118 e. The summed E-state index contributed by atoms with van der Waals surface area (Å²) in [6.07, 6.45) is 2.33. The molecule has 0 radical (unpaired) electrons. The van der Waals surface area contributed by atoms with Gasteiger partial charge in [0.2, 0.25) is 0 Å². The van der Waals surface area contributed by atoms with Crippen molar-refractivity contribution in [1.29, 1.82) is 0 Å². The van der Waals surface area contributed by atoms with Crippen molar-refractivity contribution in [3.8, 4) is 5.75 Å². The van der Waals surface area contributed by atoms with Gasteiger partial charge in [0.05, 0.1) is 26.9 Å². The van der Waals surface area contributed by atoms with Crippen LogP contribution in [0.2, 0.25) is 0 Å². The minimum absolute atomic E-state index is 0.638. The van der Waals surface area contributed by atoms with Crippen LogP contribution in [0, 0.1) is 0 Å². The molecule has 0 saturated heterocycles. The Labute approximate surface area is 122 Å². The maximum Gasteiger partial charge on any atom is 0.118 e. The predicted octanol–water partition coefficient (Wildman–Crippen LogP) is 2.62. The SMILES string of the molecule is CCCCOCCNCCOCc1ccc(OC)cc1. The number of hydrogen-bond acceptors (Lipinski definition) is 4. The number of unbranched alkanes of at least 4 members (excludes halogenated alkanes) is 1. The molecular weight excluding hydrogens is 254 g/mol. The van der Waals surface area contributed by atoms with Gasteiger partial charge < -0.3 is 19.5 Å². The van der Waals surface area contributed by atoms with Crippen LogP contribution in [0.4, 0.5) is 0 Å². The third kappa shape index (κ3) is 8.15. The molecule has 0 saturated carbocycles. The fourth-order valence-corrected chi connectivity index (χ4v) is 1.67. The van der Waals surface area contributed by atoms with Gasteiger partial charge in [-0.05, 0) is 24.1 Å². The second-order valence-corrected chi connectivity index (χ2v) is 4.62. The molecule has 0 heterocycles. The van der Waals surface area contributed by atoms with E-state index in [0.717, 1.165) is 44.0 Å². The summed E-state index contributed by atoms with van der Waals surface area (Å²) in [7, 11) is 1.67. The van der Waals surface area contributed by atoms with Crippen LogP contribution in [-0.2, 0) is 16.1 Å². The fraction of sp³-hybridized carbons (Fsp3) is 0.625. The summed E-state index contributed by atoms with van der Waals surface area (Å²) in [4.78, 5) is 0. The van der Waals surface area contributed by atoms with Gasteiger partial charge in [-0.1, -0.05) is 25.5 Å². The Kier molecular flexibility index (Phi) is 9.92. The summed E-state index contributed by atoms with van der Waals surface area (Å²) < 4.78 is 16.2. The molecule has 0 bridgehead atoms. The van der Waals surface area contributed by atoms with E-state index >= 15 is 0 Å². The Morgan fingerprint density at radius 2 is 1.65 bits per heavy atom. The van der Waals surface area contributed by atoms with Crippen molar-refractivity contribution in [3.05, 3.63) is 29.8 Å².